The molecule has 0 unspecified atom stereocenters. The molecule has 5 nitrogen and oxygen atoms in total. The lowest BCUT2D eigenvalue weighted by Crippen LogP contribution is -2.36. The highest BCUT2D eigenvalue weighted by Crippen LogP contribution is 1.98. The topological polar surface area (TPSA) is 102 Å². The van der Waals surface area contributed by atoms with E-state index < -0.39 is 7.12 Å². The Morgan fingerprint density at radius 2 is 2.00 bits per heavy atom. The highest BCUT2D eigenvalue weighted by molar-refractivity contribution is 6.60. The second-order valence-electron chi connectivity index (χ2n) is 2.44. The summed E-state index contributed by atoms with van der Waals surface area (Å²) >= 11 is 0. The molecule has 1 aromatic carbocycles. The monoisotopic (exact) mass is 178 g/mol. The Kier molecular flexibility index (Phi) is 2.89. The summed E-state index contributed by atoms with van der Waals surface area (Å²) in [4.78, 5) is 0. The van der Waals surface area contributed by atoms with Gasteiger partial charge >= 0.3 is 7.12 Å². The normalized spacial score (nSPS) is 9.38. The van der Waals surface area contributed by atoms with Crippen molar-refractivity contribution in [1.29, 1.82) is 5.41 Å². The molecule has 0 heterocycles. The van der Waals surface area contributed by atoms with Crippen LogP contribution in [0, 0.1) is 5.41 Å². The molecule has 0 aromatic heterocycles. The fourth-order valence-corrected chi connectivity index (χ4v) is 1.01. The van der Waals surface area contributed by atoms with Crippen molar-refractivity contribution in [2.75, 3.05) is 0 Å². The van der Waals surface area contributed by atoms with Crippen LogP contribution in [0.15, 0.2) is 29.4 Å². The van der Waals surface area contributed by atoms with Crippen molar-refractivity contribution in [2.45, 2.75) is 0 Å². The van der Waals surface area contributed by atoms with Gasteiger partial charge in [0.05, 0.1) is 0 Å². The summed E-state index contributed by atoms with van der Waals surface area (Å²) in [6, 6.07) is 6.36. The van der Waals surface area contributed by atoms with Gasteiger partial charge in [0.25, 0.3) is 0 Å². The average Bonchev–Trinajstić information content (AvgIpc) is 2.16. The van der Waals surface area contributed by atoms with Crippen molar-refractivity contribution in [2.24, 2.45) is 5.11 Å². The van der Waals surface area contributed by atoms with E-state index in [0.717, 1.165) is 0 Å². The molecule has 0 fully saturated rings. The summed E-state index contributed by atoms with van der Waals surface area (Å²) in [6.07, 6.45) is 0. The average molecular weight is 178 g/mol. The predicted molar refractivity (Wildman–Crippen MR) is 47.4 cm³/mol. The van der Waals surface area contributed by atoms with Gasteiger partial charge in [-0.1, -0.05) is 24.3 Å². The molecule has 0 bridgehead atoms. The van der Waals surface area contributed by atoms with Crippen molar-refractivity contribution in [3.05, 3.63) is 29.8 Å². The second kappa shape index (κ2) is 3.93. The lowest BCUT2D eigenvalue weighted by molar-refractivity contribution is -0.207. The Balaban J connectivity index is 3.19. The molecular weight excluding hydrogens is 169 g/mol. The molecule has 0 saturated carbocycles. The van der Waals surface area contributed by atoms with Crippen LogP contribution in [-0.2, 0) is 0 Å². The highest BCUT2D eigenvalue weighted by atomic mass is 16.4. The zero-order valence-electron chi connectivity index (χ0n) is 6.81. The molecule has 5 N–H and O–H groups in total. The number of hydrogen-bond acceptors (Lipinski definition) is 3. The molecule has 66 valence electrons. The van der Waals surface area contributed by atoms with E-state index in [4.69, 9.17) is 21.0 Å². The van der Waals surface area contributed by atoms with Crippen molar-refractivity contribution in [3.63, 3.8) is 0 Å². The SMILES string of the molecule is N=C(N=[NH2+])c1ccccc1B(O)O. The molecule has 0 aliphatic carbocycles. The molecule has 13 heavy (non-hydrogen) atoms. The molecule has 0 atom stereocenters. The van der Waals surface area contributed by atoms with E-state index >= 15 is 0 Å². The summed E-state index contributed by atoms with van der Waals surface area (Å²) in [7, 11) is -1.61. The standard InChI is InChI=1S/C7H8BN3O2/c9-7(11-10)5-3-1-2-4-6(5)8(12)13/h1-4,9-10,12-13H/p+1. The van der Waals surface area contributed by atoms with Crippen LogP contribution in [-0.4, -0.2) is 23.0 Å². The maximum Gasteiger partial charge on any atom is 0.489 e. The van der Waals surface area contributed by atoms with Crippen LogP contribution in [0.2, 0.25) is 0 Å². The fourth-order valence-electron chi connectivity index (χ4n) is 1.01. The van der Waals surface area contributed by atoms with E-state index in [0.29, 0.717) is 5.56 Å². The Labute approximate surface area is 75.2 Å². The van der Waals surface area contributed by atoms with E-state index in [1.807, 2.05) is 0 Å². The Bertz CT molecular complexity index is 340. The van der Waals surface area contributed by atoms with Gasteiger partial charge < -0.3 is 10.0 Å². The molecule has 0 aliphatic heterocycles. The minimum Gasteiger partial charge on any atom is -0.423 e. The van der Waals surface area contributed by atoms with Crippen LogP contribution < -0.4 is 11.0 Å². The van der Waals surface area contributed by atoms with Crippen molar-refractivity contribution in [3.8, 4) is 0 Å². The van der Waals surface area contributed by atoms with Crippen LogP contribution in [0.25, 0.3) is 0 Å². The van der Waals surface area contributed by atoms with Crippen LogP contribution in [0.5, 0.6) is 0 Å². The summed E-state index contributed by atoms with van der Waals surface area (Å²) in [5.74, 6) is -0.177. The first-order valence-electron chi connectivity index (χ1n) is 3.61. The Morgan fingerprint density at radius 3 is 2.54 bits per heavy atom. The van der Waals surface area contributed by atoms with Gasteiger partial charge in [0.2, 0.25) is 5.84 Å². The van der Waals surface area contributed by atoms with Crippen molar-refractivity contribution >= 4 is 18.4 Å². The molecular formula is C7H9BN3O2+. The van der Waals surface area contributed by atoms with Crippen molar-refractivity contribution in [1.82, 2.24) is 0 Å². The second-order valence-corrected chi connectivity index (χ2v) is 2.44. The van der Waals surface area contributed by atoms with E-state index in [1.165, 1.54) is 6.07 Å². The lowest BCUT2D eigenvalue weighted by Gasteiger charge is -2.03. The summed E-state index contributed by atoms with van der Waals surface area (Å²) in [6.45, 7) is 0. The van der Waals surface area contributed by atoms with Gasteiger partial charge in [-0.15, -0.1) is 0 Å². The number of nitrogens with two attached hydrogens (primary N) is 1. The largest absolute Gasteiger partial charge is 0.489 e. The van der Waals surface area contributed by atoms with Crippen LogP contribution >= 0.6 is 0 Å². The molecule has 0 radical (unpaired) electrons. The number of amidine groups is 1. The third-order valence-corrected chi connectivity index (χ3v) is 1.62. The number of nitrogens with one attached hydrogen (secondary N) is 1. The minimum atomic E-state index is -1.61. The van der Waals surface area contributed by atoms with Gasteiger partial charge in [0.15, 0.2) is 0 Å². The van der Waals surface area contributed by atoms with E-state index in [9.17, 15) is 0 Å². The first-order valence-corrected chi connectivity index (χ1v) is 3.61. The minimum absolute atomic E-state index is 0.177. The Morgan fingerprint density at radius 1 is 1.38 bits per heavy atom. The van der Waals surface area contributed by atoms with Crippen LogP contribution in [0.1, 0.15) is 5.56 Å². The molecule has 0 spiro atoms. The molecule has 0 aliphatic rings. The molecule has 6 heteroatoms. The number of nitrogens with zero attached hydrogens (tertiary/aromatic N) is 1. The van der Waals surface area contributed by atoms with Gasteiger partial charge in [-0.05, 0) is 5.46 Å². The van der Waals surface area contributed by atoms with Gasteiger partial charge in [0, 0.05) is 10.7 Å². The maximum absolute atomic E-state index is 8.93. The molecule has 0 amide bonds. The van der Waals surface area contributed by atoms with Gasteiger partial charge in [0.1, 0.15) is 0 Å². The molecule has 1 aromatic rings. The Hall–Kier alpha value is -1.53. The predicted octanol–water partition coefficient (Wildman–Crippen LogP) is -2.10. The zero-order chi connectivity index (χ0) is 9.84. The van der Waals surface area contributed by atoms with Gasteiger partial charge in [-0.2, -0.15) is 5.53 Å². The number of hydrogen-bond donors (Lipinski definition) is 4. The van der Waals surface area contributed by atoms with Gasteiger partial charge in [-0.25, -0.2) is 0 Å². The summed E-state index contributed by atoms with van der Waals surface area (Å²) in [5, 5.41) is 28.3. The van der Waals surface area contributed by atoms with Crippen LogP contribution in [0.4, 0.5) is 0 Å². The third kappa shape index (κ3) is 1.98. The van der Waals surface area contributed by atoms with Gasteiger partial charge in [-0.3, -0.25) is 5.41 Å². The number of benzene rings is 1. The maximum atomic E-state index is 8.93. The van der Waals surface area contributed by atoms with Crippen LogP contribution in [0.3, 0.4) is 0 Å². The summed E-state index contributed by atoms with van der Waals surface area (Å²) in [5.41, 5.74) is 5.45. The van der Waals surface area contributed by atoms with E-state index in [-0.39, 0.29) is 11.3 Å². The highest BCUT2D eigenvalue weighted by Gasteiger charge is 2.18. The van der Waals surface area contributed by atoms with Crippen molar-refractivity contribution < 1.29 is 15.6 Å². The smallest absolute Gasteiger partial charge is 0.423 e. The molecule has 1 rings (SSSR count). The van der Waals surface area contributed by atoms with E-state index in [2.05, 4.69) is 5.11 Å². The summed E-state index contributed by atoms with van der Waals surface area (Å²) < 4.78 is 0. The number of rotatable bonds is 2. The lowest BCUT2D eigenvalue weighted by atomic mass is 9.77. The molecule has 0 saturated heterocycles. The zero-order valence-corrected chi connectivity index (χ0v) is 6.81. The first-order chi connectivity index (χ1) is 6.16. The fraction of sp³-hybridized carbons (Fsp3) is 0. The van der Waals surface area contributed by atoms with E-state index in [1.54, 1.807) is 18.2 Å². The first kappa shape index (κ1) is 9.56. The third-order valence-electron chi connectivity index (χ3n) is 1.62. The quantitative estimate of drug-likeness (QED) is 0.180.